The second-order valence-electron chi connectivity index (χ2n) is 17.5. The van der Waals surface area contributed by atoms with Gasteiger partial charge in [0, 0.05) is 0 Å². The van der Waals surface area contributed by atoms with Crippen LogP contribution in [0.25, 0.3) is 0 Å². The van der Waals surface area contributed by atoms with Crippen LogP contribution in [-0.4, -0.2) is 121 Å². The third kappa shape index (κ3) is 33.5. The molecule has 0 aromatic carbocycles. The van der Waals surface area contributed by atoms with Crippen molar-refractivity contribution >= 4 is 20.2 Å². The van der Waals surface area contributed by atoms with Crippen LogP contribution in [0.15, 0.2) is 0 Å². The molecule has 0 aliphatic carbocycles. The SMILES string of the molecule is CCCCCCCCCCCCCC[N+](CC)(CCCCCC[N+](CC)(CCCCCCCCCCCCCC)CC(O)CS(=O)(=O)[O-])CC(O)CS(=O)(=O)[O-]. The maximum Gasteiger partial charge on any atom is 0.116 e. The summed E-state index contributed by atoms with van der Waals surface area (Å²) in [6, 6.07) is 0. The minimum absolute atomic E-state index is 0.269. The molecule has 0 fully saturated rings. The topological polar surface area (TPSA) is 155 Å². The average Bonchev–Trinajstić information content (AvgIpc) is 3.12. The molecular formula is C44H92N2O8S2. The summed E-state index contributed by atoms with van der Waals surface area (Å²) in [7, 11) is -9.04. The first-order valence-corrected chi connectivity index (χ1v) is 26.7. The highest BCUT2D eigenvalue weighted by Crippen LogP contribution is 2.20. The van der Waals surface area contributed by atoms with Crippen LogP contribution in [-0.2, 0) is 20.2 Å². The van der Waals surface area contributed by atoms with Crippen LogP contribution in [0.4, 0.5) is 0 Å². The van der Waals surface area contributed by atoms with Gasteiger partial charge in [-0.1, -0.05) is 142 Å². The molecule has 0 bridgehead atoms. The van der Waals surface area contributed by atoms with E-state index < -0.39 is 43.9 Å². The monoisotopic (exact) mass is 841 g/mol. The Bertz CT molecular complexity index is 1020. The molecule has 0 spiro atoms. The average molecular weight is 841 g/mol. The Hall–Kier alpha value is -0.340. The molecule has 56 heavy (non-hydrogen) atoms. The Morgan fingerprint density at radius 1 is 0.375 bits per heavy atom. The van der Waals surface area contributed by atoms with Gasteiger partial charge in [-0.25, -0.2) is 16.8 Å². The van der Waals surface area contributed by atoms with Gasteiger partial charge < -0.3 is 28.3 Å². The number of aliphatic hydroxyl groups excluding tert-OH is 2. The number of hydrogen-bond donors (Lipinski definition) is 2. The molecule has 338 valence electrons. The van der Waals surface area contributed by atoms with E-state index in [-0.39, 0.29) is 13.1 Å². The number of hydrogen-bond acceptors (Lipinski definition) is 8. The van der Waals surface area contributed by atoms with Crippen molar-refractivity contribution in [2.75, 3.05) is 63.9 Å². The highest BCUT2D eigenvalue weighted by Gasteiger charge is 2.31. The summed E-state index contributed by atoms with van der Waals surface area (Å²) in [6.45, 7) is 14.1. The highest BCUT2D eigenvalue weighted by atomic mass is 32.2. The Balaban J connectivity index is 5.02. The normalized spacial score (nSPS) is 15.8. The van der Waals surface area contributed by atoms with Gasteiger partial charge in [-0.05, 0) is 65.2 Å². The Morgan fingerprint density at radius 2 is 0.571 bits per heavy atom. The van der Waals surface area contributed by atoms with Crippen molar-refractivity contribution in [1.29, 1.82) is 0 Å². The van der Waals surface area contributed by atoms with Crippen LogP contribution in [0.3, 0.4) is 0 Å². The number of quaternary nitrogens is 2. The van der Waals surface area contributed by atoms with Gasteiger partial charge in [-0.2, -0.15) is 0 Å². The second kappa shape index (κ2) is 34.4. The molecule has 0 radical (unpaired) electrons. The third-order valence-corrected chi connectivity index (χ3v) is 13.9. The largest absolute Gasteiger partial charge is 0.748 e. The van der Waals surface area contributed by atoms with E-state index in [4.69, 9.17) is 0 Å². The number of likely N-dealkylation sites (N-methyl/N-ethyl adjacent to an activating group) is 2. The summed E-state index contributed by atoms with van der Waals surface area (Å²) < 4.78 is 70.0. The predicted molar refractivity (Wildman–Crippen MR) is 233 cm³/mol. The van der Waals surface area contributed by atoms with E-state index in [2.05, 4.69) is 27.7 Å². The summed E-state index contributed by atoms with van der Waals surface area (Å²) in [6.07, 6.45) is 31.7. The van der Waals surface area contributed by atoms with Crippen LogP contribution >= 0.6 is 0 Å². The van der Waals surface area contributed by atoms with Crippen molar-refractivity contribution in [1.82, 2.24) is 0 Å². The molecule has 12 heteroatoms. The van der Waals surface area contributed by atoms with Gasteiger partial charge in [-0.3, -0.25) is 0 Å². The lowest BCUT2D eigenvalue weighted by Gasteiger charge is -2.40. The summed E-state index contributed by atoms with van der Waals surface area (Å²) in [4.78, 5) is 0. The van der Waals surface area contributed by atoms with E-state index >= 15 is 0 Å². The molecule has 4 atom stereocenters. The first kappa shape index (κ1) is 55.7. The van der Waals surface area contributed by atoms with Gasteiger partial charge in [0.25, 0.3) is 0 Å². The molecule has 0 aliphatic rings. The zero-order chi connectivity index (χ0) is 42.0. The van der Waals surface area contributed by atoms with E-state index in [1.165, 1.54) is 128 Å². The molecule has 0 saturated carbocycles. The molecule has 0 heterocycles. The minimum atomic E-state index is -4.52. The van der Waals surface area contributed by atoms with Crippen molar-refractivity contribution < 1.29 is 45.1 Å². The number of aliphatic hydroxyl groups is 2. The first-order valence-electron chi connectivity index (χ1n) is 23.6. The van der Waals surface area contributed by atoms with E-state index in [1.54, 1.807) is 0 Å². The quantitative estimate of drug-likeness (QED) is 0.0350. The van der Waals surface area contributed by atoms with Gasteiger partial charge in [0.2, 0.25) is 0 Å². The Kier molecular flexibility index (Phi) is 34.2. The van der Waals surface area contributed by atoms with Crippen LogP contribution in [0, 0.1) is 0 Å². The number of unbranched alkanes of at least 4 members (excludes halogenated alkanes) is 25. The van der Waals surface area contributed by atoms with Crippen molar-refractivity contribution in [2.45, 2.75) is 220 Å². The fourth-order valence-corrected chi connectivity index (χ4v) is 9.93. The lowest BCUT2D eigenvalue weighted by atomic mass is 10.0. The van der Waals surface area contributed by atoms with Gasteiger partial charge in [0.1, 0.15) is 25.3 Å². The molecule has 0 saturated heterocycles. The Labute approximate surface area is 347 Å². The van der Waals surface area contributed by atoms with E-state index in [9.17, 15) is 36.2 Å². The molecule has 0 aromatic heterocycles. The molecule has 10 nitrogen and oxygen atoms in total. The number of rotatable bonds is 43. The summed E-state index contributed by atoms with van der Waals surface area (Å²) in [5, 5.41) is 21.3. The van der Waals surface area contributed by atoms with Crippen molar-refractivity contribution in [3.05, 3.63) is 0 Å². The van der Waals surface area contributed by atoms with E-state index in [0.717, 1.165) is 90.6 Å². The molecule has 0 amide bonds. The molecule has 4 unspecified atom stereocenters. The summed E-state index contributed by atoms with van der Waals surface area (Å²) in [5.74, 6) is -1.50. The lowest BCUT2D eigenvalue weighted by Crippen LogP contribution is -2.54. The van der Waals surface area contributed by atoms with Gasteiger partial charge in [0.05, 0.1) is 71.0 Å². The summed E-state index contributed by atoms with van der Waals surface area (Å²) in [5.41, 5.74) is 0. The fraction of sp³-hybridized carbons (Fsp3) is 1.00. The minimum Gasteiger partial charge on any atom is -0.748 e. The van der Waals surface area contributed by atoms with E-state index in [1.807, 2.05) is 0 Å². The van der Waals surface area contributed by atoms with Gasteiger partial charge in [-0.15, -0.1) is 0 Å². The fourth-order valence-electron chi connectivity index (χ4n) is 8.77. The zero-order valence-electron chi connectivity index (χ0n) is 37.1. The standard InChI is InChI=1S/C44H92N2O8S2/c1-5-9-11-13-15-17-19-21-23-25-27-31-35-45(7-3,39-43(47)41-55(49,50)51)37-33-29-30-34-38-46(8-4,40-44(48)42-56(52,53)54)36-32-28-26-24-22-20-18-16-14-12-10-6-2/h43-44,47-48H,5-42H2,1-4H3. The van der Waals surface area contributed by atoms with Crippen LogP contribution < -0.4 is 0 Å². The third-order valence-electron chi connectivity index (χ3n) is 12.3. The van der Waals surface area contributed by atoms with Crippen molar-refractivity contribution in [3.8, 4) is 0 Å². The first-order chi connectivity index (χ1) is 26.7. The molecular weight excluding hydrogens is 749 g/mol. The molecule has 2 N–H and O–H groups in total. The molecule has 0 aromatic rings. The van der Waals surface area contributed by atoms with Crippen LogP contribution in [0.2, 0.25) is 0 Å². The molecule has 0 aliphatic heterocycles. The maximum absolute atomic E-state index is 11.5. The predicted octanol–water partition coefficient (Wildman–Crippen LogP) is 9.43. The maximum atomic E-state index is 11.5. The lowest BCUT2D eigenvalue weighted by molar-refractivity contribution is -0.930. The molecule has 0 rings (SSSR count). The van der Waals surface area contributed by atoms with Crippen molar-refractivity contribution in [2.24, 2.45) is 0 Å². The van der Waals surface area contributed by atoms with Crippen molar-refractivity contribution in [3.63, 3.8) is 0 Å². The highest BCUT2D eigenvalue weighted by molar-refractivity contribution is 7.85. The van der Waals surface area contributed by atoms with Gasteiger partial charge >= 0.3 is 0 Å². The van der Waals surface area contributed by atoms with Crippen LogP contribution in [0.5, 0.6) is 0 Å². The van der Waals surface area contributed by atoms with E-state index in [0.29, 0.717) is 8.97 Å². The smallest absolute Gasteiger partial charge is 0.116 e. The van der Waals surface area contributed by atoms with Gasteiger partial charge in [0.15, 0.2) is 0 Å². The second-order valence-corrected chi connectivity index (χ2v) is 20.4. The Morgan fingerprint density at radius 3 is 0.750 bits per heavy atom. The zero-order valence-corrected chi connectivity index (χ0v) is 38.7. The summed E-state index contributed by atoms with van der Waals surface area (Å²) >= 11 is 0. The number of nitrogens with zero attached hydrogens (tertiary/aromatic N) is 2. The van der Waals surface area contributed by atoms with Crippen LogP contribution in [0.1, 0.15) is 207 Å².